The quantitative estimate of drug-likeness (QED) is 0.842. The molecule has 0 spiro atoms. The van der Waals surface area contributed by atoms with Crippen molar-refractivity contribution < 1.29 is 4.74 Å². The Kier molecular flexibility index (Phi) is 4.28. The second kappa shape index (κ2) is 5.93. The molecule has 0 bridgehead atoms. The summed E-state index contributed by atoms with van der Waals surface area (Å²) in [6, 6.07) is 0. The molecule has 0 saturated carbocycles. The number of nitrogen functional groups attached to an aromatic ring is 1. The summed E-state index contributed by atoms with van der Waals surface area (Å²) in [5.41, 5.74) is 6.50. The monoisotopic (exact) mass is 236 g/mol. The molecule has 0 aromatic carbocycles. The molecule has 17 heavy (non-hydrogen) atoms. The number of ether oxygens (including phenoxy) is 1. The molecular weight excluding hydrogens is 216 g/mol. The summed E-state index contributed by atoms with van der Waals surface area (Å²) in [5.74, 6) is 1.13. The van der Waals surface area contributed by atoms with Crippen LogP contribution in [0.2, 0.25) is 0 Å². The fraction of sp³-hybridized carbons (Fsp3) is 0.667. The largest absolute Gasteiger partial charge is 0.384 e. The third-order valence-electron chi connectivity index (χ3n) is 3.12. The van der Waals surface area contributed by atoms with Crippen molar-refractivity contribution >= 4 is 5.82 Å². The van der Waals surface area contributed by atoms with Crippen LogP contribution in [0.15, 0.2) is 12.4 Å². The highest BCUT2D eigenvalue weighted by atomic mass is 16.5. The molecule has 0 amide bonds. The van der Waals surface area contributed by atoms with Gasteiger partial charge >= 0.3 is 0 Å². The Morgan fingerprint density at radius 2 is 2.35 bits per heavy atom. The number of nitrogens with two attached hydrogens (primary N) is 1. The van der Waals surface area contributed by atoms with Gasteiger partial charge in [0.25, 0.3) is 0 Å². The number of likely N-dealkylation sites (tertiary alicyclic amines) is 1. The lowest BCUT2D eigenvalue weighted by molar-refractivity contribution is 0.0867. The smallest absolute Gasteiger partial charge is 0.141 e. The van der Waals surface area contributed by atoms with E-state index in [4.69, 9.17) is 10.5 Å². The number of nitrogens with zero attached hydrogens (tertiary/aromatic N) is 3. The molecule has 1 unspecified atom stereocenters. The first kappa shape index (κ1) is 12.3. The Balaban J connectivity index is 1.87. The molecule has 0 radical (unpaired) electrons. The van der Waals surface area contributed by atoms with Crippen LogP contribution in [-0.2, 0) is 11.3 Å². The van der Waals surface area contributed by atoms with E-state index in [2.05, 4.69) is 14.9 Å². The van der Waals surface area contributed by atoms with Gasteiger partial charge in [-0.15, -0.1) is 0 Å². The molecule has 1 aliphatic rings. The van der Waals surface area contributed by atoms with Gasteiger partial charge in [0.1, 0.15) is 5.82 Å². The Bertz CT molecular complexity index is 339. The van der Waals surface area contributed by atoms with Gasteiger partial charge in [-0.3, -0.25) is 9.88 Å². The summed E-state index contributed by atoms with van der Waals surface area (Å²) in [6.45, 7) is 3.92. The topological polar surface area (TPSA) is 64.3 Å². The minimum absolute atomic E-state index is 0.477. The number of hydrogen-bond donors (Lipinski definition) is 1. The number of methoxy groups -OCH3 is 1. The Morgan fingerprint density at radius 1 is 1.47 bits per heavy atom. The number of anilines is 1. The van der Waals surface area contributed by atoms with Crippen molar-refractivity contribution in [3.63, 3.8) is 0 Å². The average molecular weight is 236 g/mol. The minimum Gasteiger partial charge on any atom is -0.384 e. The van der Waals surface area contributed by atoms with Crippen molar-refractivity contribution in [2.45, 2.75) is 19.4 Å². The van der Waals surface area contributed by atoms with E-state index >= 15 is 0 Å². The van der Waals surface area contributed by atoms with Crippen LogP contribution in [0, 0.1) is 5.92 Å². The SMILES string of the molecule is COCC1CCCN(Cc2cnc(N)cn2)C1. The van der Waals surface area contributed by atoms with Crippen molar-refractivity contribution in [2.75, 3.05) is 32.5 Å². The van der Waals surface area contributed by atoms with Gasteiger partial charge in [-0.05, 0) is 25.3 Å². The van der Waals surface area contributed by atoms with Crippen LogP contribution in [0.5, 0.6) is 0 Å². The molecule has 1 aromatic heterocycles. The second-order valence-electron chi connectivity index (χ2n) is 4.63. The van der Waals surface area contributed by atoms with Crippen molar-refractivity contribution in [2.24, 2.45) is 5.92 Å². The molecule has 2 N–H and O–H groups in total. The predicted octanol–water partition coefficient (Wildman–Crippen LogP) is 0.917. The van der Waals surface area contributed by atoms with Crippen molar-refractivity contribution in [1.29, 1.82) is 0 Å². The van der Waals surface area contributed by atoms with E-state index in [9.17, 15) is 0 Å². The first-order chi connectivity index (χ1) is 8.28. The maximum absolute atomic E-state index is 5.52. The highest BCUT2D eigenvalue weighted by Gasteiger charge is 2.19. The maximum atomic E-state index is 5.52. The van der Waals surface area contributed by atoms with E-state index in [1.165, 1.54) is 12.8 Å². The minimum atomic E-state index is 0.477. The van der Waals surface area contributed by atoms with Crippen molar-refractivity contribution in [3.8, 4) is 0 Å². The standard InChI is InChI=1S/C12H20N4O/c1-17-9-10-3-2-4-16(7-10)8-11-5-15-12(13)6-14-11/h5-6,10H,2-4,7-9H2,1H3,(H2,13,15). The van der Waals surface area contributed by atoms with Crippen LogP contribution in [0.25, 0.3) is 0 Å². The van der Waals surface area contributed by atoms with Gasteiger partial charge in [0.2, 0.25) is 0 Å². The molecule has 5 nitrogen and oxygen atoms in total. The van der Waals surface area contributed by atoms with E-state index < -0.39 is 0 Å². The molecule has 94 valence electrons. The second-order valence-corrected chi connectivity index (χ2v) is 4.63. The van der Waals surface area contributed by atoms with Crippen LogP contribution >= 0.6 is 0 Å². The van der Waals surface area contributed by atoms with Gasteiger partial charge < -0.3 is 10.5 Å². The number of rotatable bonds is 4. The maximum Gasteiger partial charge on any atom is 0.141 e. The van der Waals surface area contributed by atoms with Gasteiger partial charge in [-0.1, -0.05) is 0 Å². The molecule has 5 heteroatoms. The van der Waals surface area contributed by atoms with E-state index in [-0.39, 0.29) is 0 Å². The highest BCUT2D eigenvalue weighted by Crippen LogP contribution is 2.18. The van der Waals surface area contributed by atoms with Crippen LogP contribution in [-0.4, -0.2) is 41.7 Å². The first-order valence-electron chi connectivity index (χ1n) is 6.05. The van der Waals surface area contributed by atoms with Gasteiger partial charge in [0, 0.05) is 20.2 Å². The summed E-state index contributed by atoms with van der Waals surface area (Å²) in [4.78, 5) is 10.8. The molecule has 1 aliphatic heterocycles. The molecule has 1 atom stereocenters. The lowest BCUT2D eigenvalue weighted by Gasteiger charge is -2.31. The summed E-state index contributed by atoms with van der Waals surface area (Å²) < 4.78 is 5.22. The molecular formula is C12H20N4O. The van der Waals surface area contributed by atoms with Crippen LogP contribution in [0.4, 0.5) is 5.82 Å². The van der Waals surface area contributed by atoms with Crippen molar-refractivity contribution in [1.82, 2.24) is 14.9 Å². The normalized spacial score (nSPS) is 21.6. The van der Waals surface area contributed by atoms with E-state index in [0.717, 1.165) is 31.9 Å². The van der Waals surface area contributed by atoms with E-state index in [1.807, 2.05) is 0 Å². The Morgan fingerprint density at radius 3 is 3.06 bits per heavy atom. The molecule has 1 aromatic rings. The van der Waals surface area contributed by atoms with Crippen molar-refractivity contribution in [3.05, 3.63) is 18.1 Å². The van der Waals surface area contributed by atoms with Crippen LogP contribution < -0.4 is 5.73 Å². The number of hydrogen-bond acceptors (Lipinski definition) is 5. The van der Waals surface area contributed by atoms with Crippen LogP contribution in [0.1, 0.15) is 18.5 Å². The summed E-state index contributed by atoms with van der Waals surface area (Å²) in [7, 11) is 1.77. The third-order valence-corrected chi connectivity index (χ3v) is 3.12. The summed E-state index contributed by atoms with van der Waals surface area (Å²) in [6.07, 6.45) is 5.87. The first-order valence-corrected chi connectivity index (χ1v) is 6.05. The fourth-order valence-corrected chi connectivity index (χ4v) is 2.34. The molecule has 1 fully saturated rings. The van der Waals surface area contributed by atoms with Gasteiger partial charge in [-0.25, -0.2) is 4.98 Å². The Hall–Kier alpha value is -1.20. The fourth-order valence-electron chi connectivity index (χ4n) is 2.34. The highest BCUT2D eigenvalue weighted by molar-refractivity contribution is 5.22. The summed E-state index contributed by atoms with van der Waals surface area (Å²) in [5, 5.41) is 0. The van der Waals surface area contributed by atoms with Crippen LogP contribution in [0.3, 0.4) is 0 Å². The molecule has 2 heterocycles. The van der Waals surface area contributed by atoms with Gasteiger partial charge in [0.05, 0.1) is 24.7 Å². The predicted molar refractivity (Wildman–Crippen MR) is 66.3 cm³/mol. The Labute approximate surface area is 102 Å². The lowest BCUT2D eigenvalue weighted by atomic mass is 9.99. The third kappa shape index (κ3) is 3.64. The van der Waals surface area contributed by atoms with Gasteiger partial charge in [0.15, 0.2) is 0 Å². The molecule has 1 saturated heterocycles. The zero-order valence-electron chi connectivity index (χ0n) is 10.3. The zero-order chi connectivity index (χ0) is 12.1. The average Bonchev–Trinajstić information content (AvgIpc) is 2.33. The summed E-state index contributed by atoms with van der Waals surface area (Å²) >= 11 is 0. The van der Waals surface area contributed by atoms with E-state index in [0.29, 0.717) is 11.7 Å². The van der Waals surface area contributed by atoms with Gasteiger partial charge in [-0.2, -0.15) is 0 Å². The molecule has 2 rings (SSSR count). The number of aromatic nitrogens is 2. The zero-order valence-corrected chi connectivity index (χ0v) is 10.3. The lowest BCUT2D eigenvalue weighted by Crippen LogP contribution is -2.36. The van der Waals surface area contributed by atoms with E-state index in [1.54, 1.807) is 19.5 Å². The number of piperidine rings is 1. The molecule has 0 aliphatic carbocycles.